The molecular formula is C17H25NO2. The Morgan fingerprint density at radius 2 is 2.10 bits per heavy atom. The standard InChI is InChI=1S/C17H25NO2/c1-17(2,3)18-10-8-14(19)12-13-9-11-20-16-7-5-4-6-15(13)16/h4-7,13,18H,8-12H2,1-3H3. The van der Waals surface area contributed by atoms with Gasteiger partial charge in [0, 0.05) is 24.9 Å². The van der Waals surface area contributed by atoms with Crippen molar-refractivity contribution >= 4 is 5.78 Å². The first-order valence-electron chi connectivity index (χ1n) is 7.44. The molecule has 1 N–H and O–H groups in total. The van der Waals surface area contributed by atoms with E-state index in [4.69, 9.17) is 4.74 Å². The highest BCUT2D eigenvalue weighted by molar-refractivity contribution is 5.79. The predicted octanol–water partition coefficient (Wildman–Crippen LogP) is 3.29. The van der Waals surface area contributed by atoms with Crippen LogP contribution < -0.4 is 10.1 Å². The molecule has 1 aliphatic heterocycles. The third kappa shape index (κ3) is 4.34. The molecular weight excluding hydrogens is 250 g/mol. The van der Waals surface area contributed by atoms with Crippen LogP contribution in [0, 0.1) is 0 Å². The van der Waals surface area contributed by atoms with Crippen molar-refractivity contribution in [1.29, 1.82) is 0 Å². The average molecular weight is 275 g/mol. The van der Waals surface area contributed by atoms with Gasteiger partial charge in [-0.2, -0.15) is 0 Å². The Morgan fingerprint density at radius 3 is 2.85 bits per heavy atom. The van der Waals surface area contributed by atoms with Crippen LogP contribution in [0.2, 0.25) is 0 Å². The molecule has 0 spiro atoms. The molecule has 3 heteroatoms. The molecule has 1 atom stereocenters. The van der Waals surface area contributed by atoms with Crippen LogP contribution in [0.5, 0.6) is 5.75 Å². The maximum absolute atomic E-state index is 12.1. The first kappa shape index (κ1) is 15.0. The van der Waals surface area contributed by atoms with Gasteiger partial charge in [-0.15, -0.1) is 0 Å². The Labute approximate surface area is 121 Å². The van der Waals surface area contributed by atoms with Crippen LogP contribution in [0.25, 0.3) is 0 Å². The van der Waals surface area contributed by atoms with Crippen molar-refractivity contribution in [2.24, 2.45) is 0 Å². The SMILES string of the molecule is CC(C)(C)NCCC(=O)CC1CCOc2ccccc21. The lowest BCUT2D eigenvalue weighted by molar-refractivity contribution is -0.119. The lowest BCUT2D eigenvalue weighted by Gasteiger charge is -2.25. The van der Waals surface area contributed by atoms with Crippen LogP contribution >= 0.6 is 0 Å². The van der Waals surface area contributed by atoms with E-state index in [0.29, 0.717) is 24.5 Å². The van der Waals surface area contributed by atoms with E-state index in [-0.39, 0.29) is 5.54 Å². The predicted molar refractivity (Wildman–Crippen MR) is 81.3 cm³/mol. The van der Waals surface area contributed by atoms with Crippen molar-refractivity contribution < 1.29 is 9.53 Å². The highest BCUT2D eigenvalue weighted by Crippen LogP contribution is 2.35. The third-order valence-electron chi connectivity index (χ3n) is 3.62. The lowest BCUT2D eigenvalue weighted by Crippen LogP contribution is -2.37. The van der Waals surface area contributed by atoms with Gasteiger partial charge in [0.05, 0.1) is 6.61 Å². The van der Waals surface area contributed by atoms with E-state index < -0.39 is 0 Å². The van der Waals surface area contributed by atoms with Gasteiger partial charge in [0.15, 0.2) is 0 Å². The number of carbonyl (C=O) groups is 1. The number of rotatable bonds is 5. The number of benzene rings is 1. The summed E-state index contributed by atoms with van der Waals surface area (Å²) in [5.41, 5.74) is 1.27. The van der Waals surface area contributed by atoms with Crippen LogP contribution in [-0.2, 0) is 4.79 Å². The largest absolute Gasteiger partial charge is 0.493 e. The van der Waals surface area contributed by atoms with Gasteiger partial charge < -0.3 is 10.1 Å². The third-order valence-corrected chi connectivity index (χ3v) is 3.62. The number of ether oxygens (including phenoxy) is 1. The smallest absolute Gasteiger partial charge is 0.134 e. The van der Waals surface area contributed by atoms with Crippen molar-refractivity contribution in [3.8, 4) is 5.75 Å². The van der Waals surface area contributed by atoms with Crippen molar-refractivity contribution in [2.75, 3.05) is 13.2 Å². The van der Waals surface area contributed by atoms with E-state index in [9.17, 15) is 4.79 Å². The molecule has 0 radical (unpaired) electrons. The molecule has 1 aromatic rings. The van der Waals surface area contributed by atoms with Gasteiger partial charge in [0.25, 0.3) is 0 Å². The molecule has 0 bridgehead atoms. The molecule has 1 aromatic carbocycles. The first-order chi connectivity index (χ1) is 9.46. The molecule has 0 saturated heterocycles. The highest BCUT2D eigenvalue weighted by Gasteiger charge is 2.23. The van der Waals surface area contributed by atoms with Crippen molar-refractivity contribution in [3.63, 3.8) is 0 Å². The number of ketones is 1. The number of hydrogen-bond acceptors (Lipinski definition) is 3. The second-order valence-corrected chi connectivity index (χ2v) is 6.54. The Kier molecular flexibility index (Phi) is 4.81. The van der Waals surface area contributed by atoms with E-state index >= 15 is 0 Å². The minimum Gasteiger partial charge on any atom is -0.493 e. The molecule has 0 aliphatic carbocycles. The van der Waals surface area contributed by atoms with E-state index in [1.165, 1.54) is 5.56 Å². The van der Waals surface area contributed by atoms with Gasteiger partial charge in [-0.05, 0) is 44.7 Å². The topological polar surface area (TPSA) is 38.3 Å². The number of fused-ring (bicyclic) bond motifs is 1. The van der Waals surface area contributed by atoms with Crippen LogP contribution in [0.1, 0.15) is 51.5 Å². The van der Waals surface area contributed by atoms with Gasteiger partial charge in [-0.3, -0.25) is 4.79 Å². The molecule has 20 heavy (non-hydrogen) atoms. The molecule has 1 aliphatic rings. The van der Waals surface area contributed by atoms with Crippen LogP contribution in [0.4, 0.5) is 0 Å². The van der Waals surface area contributed by atoms with Gasteiger partial charge >= 0.3 is 0 Å². The second-order valence-electron chi connectivity index (χ2n) is 6.54. The summed E-state index contributed by atoms with van der Waals surface area (Å²) >= 11 is 0. The molecule has 2 rings (SSSR count). The monoisotopic (exact) mass is 275 g/mol. The van der Waals surface area contributed by atoms with E-state index in [2.05, 4.69) is 32.2 Å². The van der Waals surface area contributed by atoms with Crippen LogP contribution in [0.3, 0.4) is 0 Å². The number of nitrogens with one attached hydrogen (secondary N) is 1. The summed E-state index contributed by atoms with van der Waals surface area (Å²) in [6, 6.07) is 8.08. The van der Waals surface area contributed by atoms with Gasteiger partial charge in [0.2, 0.25) is 0 Å². The van der Waals surface area contributed by atoms with Gasteiger partial charge in [-0.25, -0.2) is 0 Å². The summed E-state index contributed by atoms with van der Waals surface area (Å²) in [5.74, 6) is 1.61. The molecule has 1 heterocycles. The minimum absolute atomic E-state index is 0.0750. The molecule has 0 saturated carbocycles. The summed E-state index contributed by atoms with van der Waals surface area (Å²) in [5, 5.41) is 3.36. The van der Waals surface area contributed by atoms with Crippen LogP contribution in [0.15, 0.2) is 24.3 Å². The minimum atomic E-state index is 0.0750. The normalized spacial score (nSPS) is 18.2. The summed E-state index contributed by atoms with van der Waals surface area (Å²) < 4.78 is 5.64. The Balaban J connectivity index is 1.86. The van der Waals surface area contributed by atoms with Gasteiger partial charge in [0.1, 0.15) is 11.5 Å². The van der Waals surface area contributed by atoms with Crippen molar-refractivity contribution in [2.45, 2.75) is 51.5 Å². The average Bonchev–Trinajstić information content (AvgIpc) is 2.37. The molecule has 3 nitrogen and oxygen atoms in total. The summed E-state index contributed by atoms with van der Waals surface area (Å²) in [6.45, 7) is 7.83. The molecule has 1 unspecified atom stereocenters. The Bertz CT molecular complexity index is 462. The van der Waals surface area contributed by atoms with Gasteiger partial charge in [-0.1, -0.05) is 18.2 Å². The Hall–Kier alpha value is -1.35. The van der Waals surface area contributed by atoms with Crippen molar-refractivity contribution in [3.05, 3.63) is 29.8 Å². The fraction of sp³-hybridized carbons (Fsp3) is 0.588. The lowest BCUT2D eigenvalue weighted by atomic mass is 9.88. The number of para-hydroxylation sites is 1. The highest BCUT2D eigenvalue weighted by atomic mass is 16.5. The first-order valence-corrected chi connectivity index (χ1v) is 7.44. The van der Waals surface area contributed by atoms with Crippen LogP contribution in [-0.4, -0.2) is 24.5 Å². The maximum Gasteiger partial charge on any atom is 0.134 e. The summed E-state index contributed by atoms with van der Waals surface area (Å²) in [6.07, 6.45) is 2.18. The molecule has 0 fully saturated rings. The fourth-order valence-electron chi connectivity index (χ4n) is 2.58. The number of Topliss-reactive ketones (excluding diaryl/α,β-unsaturated/α-hetero) is 1. The molecule has 110 valence electrons. The quantitative estimate of drug-likeness (QED) is 0.896. The number of hydrogen-bond donors (Lipinski definition) is 1. The Morgan fingerprint density at radius 1 is 1.35 bits per heavy atom. The molecule has 0 amide bonds. The second kappa shape index (κ2) is 6.40. The fourth-order valence-corrected chi connectivity index (χ4v) is 2.58. The zero-order chi connectivity index (χ0) is 14.6. The molecule has 0 aromatic heterocycles. The van der Waals surface area contributed by atoms with Crippen molar-refractivity contribution in [1.82, 2.24) is 5.32 Å². The zero-order valence-electron chi connectivity index (χ0n) is 12.7. The summed E-state index contributed by atoms with van der Waals surface area (Å²) in [7, 11) is 0. The van der Waals surface area contributed by atoms with E-state index in [1.807, 2.05) is 18.2 Å². The zero-order valence-corrected chi connectivity index (χ0v) is 12.7. The van der Waals surface area contributed by atoms with E-state index in [0.717, 1.165) is 25.3 Å². The number of carbonyl (C=O) groups excluding carboxylic acids is 1. The van der Waals surface area contributed by atoms with E-state index in [1.54, 1.807) is 0 Å². The summed E-state index contributed by atoms with van der Waals surface area (Å²) in [4.78, 5) is 12.1. The maximum atomic E-state index is 12.1.